The van der Waals surface area contributed by atoms with Gasteiger partial charge in [-0.05, 0) is 66.8 Å². The molecule has 182 valence electrons. The van der Waals surface area contributed by atoms with Crippen LogP contribution in [0.1, 0.15) is 21.5 Å². The fraction of sp³-hybridized carbons (Fsp3) is 0.154. The van der Waals surface area contributed by atoms with Crippen LogP contribution in [0.15, 0.2) is 83.9 Å². The SMILES string of the molecule is CS/C(=C\C(=O)c1ccc(OCc2ccccc2)cc1)Nc1ccc(NC(=O)C(F)(F)F)cc1C. The van der Waals surface area contributed by atoms with E-state index in [-0.39, 0.29) is 11.5 Å². The minimum atomic E-state index is -4.97. The third-order valence-electron chi connectivity index (χ3n) is 4.87. The van der Waals surface area contributed by atoms with Crippen molar-refractivity contribution in [3.63, 3.8) is 0 Å². The molecule has 0 aliphatic heterocycles. The molecule has 0 aromatic heterocycles. The molecule has 5 nitrogen and oxygen atoms in total. The molecule has 0 bridgehead atoms. The van der Waals surface area contributed by atoms with Gasteiger partial charge in [-0.25, -0.2) is 0 Å². The summed E-state index contributed by atoms with van der Waals surface area (Å²) in [5, 5.41) is 5.47. The lowest BCUT2D eigenvalue weighted by Gasteiger charge is -2.14. The number of alkyl halides is 3. The first kappa shape index (κ1) is 25.9. The molecular formula is C26H23F3N2O3S. The second kappa shape index (κ2) is 11.6. The van der Waals surface area contributed by atoms with E-state index < -0.39 is 12.1 Å². The zero-order valence-corrected chi connectivity index (χ0v) is 19.8. The highest BCUT2D eigenvalue weighted by molar-refractivity contribution is 8.02. The van der Waals surface area contributed by atoms with Crippen LogP contribution >= 0.6 is 11.8 Å². The van der Waals surface area contributed by atoms with Gasteiger partial charge in [0.25, 0.3) is 0 Å². The number of aryl methyl sites for hydroxylation is 1. The molecule has 1 amide bonds. The summed E-state index contributed by atoms with van der Waals surface area (Å²) < 4.78 is 43.1. The van der Waals surface area contributed by atoms with E-state index in [1.165, 1.54) is 36.0 Å². The van der Waals surface area contributed by atoms with Crippen LogP contribution in [0.2, 0.25) is 0 Å². The molecule has 0 atom stereocenters. The number of hydrogen-bond donors (Lipinski definition) is 2. The van der Waals surface area contributed by atoms with Crippen LogP contribution < -0.4 is 15.4 Å². The van der Waals surface area contributed by atoms with E-state index in [1.54, 1.807) is 37.4 Å². The minimum Gasteiger partial charge on any atom is -0.489 e. The van der Waals surface area contributed by atoms with Crippen molar-refractivity contribution in [2.24, 2.45) is 0 Å². The van der Waals surface area contributed by atoms with Gasteiger partial charge >= 0.3 is 12.1 Å². The normalized spacial score (nSPS) is 11.6. The van der Waals surface area contributed by atoms with Crippen molar-refractivity contribution in [1.29, 1.82) is 0 Å². The number of benzene rings is 3. The number of ether oxygens (including phenoxy) is 1. The van der Waals surface area contributed by atoms with Gasteiger partial charge < -0.3 is 15.4 Å². The molecule has 35 heavy (non-hydrogen) atoms. The maximum Gasteiger partial charge on any atom is 0.471 e. The van der Waals surface area contributed by atoms with Crippen molar-refractivity contribution in [2.45, 2.75) is 19.7 Å². The van der Waals surface area contributed by atoms with Gasteiger partial charge in [-0.15, -0.1) is 11.8 Å². The molecule has 2 N–H and O–H groups in total. The molecule has 0 aliphatic rings. The number of anilines is 2. The molecule has 0 spiro atoms. The lowest BCUT2D eigenvalue weighted by molar-refractivity contribution is -0.167. The Morgan fingerprint density at radius 1 is 0.971 bits per heavy atom. The van der Waals surface area contributed by atoms with Crippen LogP contribution in [-0.4, -0.2) is 24.1 Å². The fourth-order valence-electron chi connectivity index (χ4n) is 3.02. The highest BCUT2D eigenvalue weighted by atomic mass is 32.2. The summed E-state index contributed by atoms with van der Waals surface area (Å²) in [6.45, 7) is 2.10. The molecule has 0 saturated carbocycles. The molecule has 0 fully saturated rings. The van der Waals surface area contributed by atoms with Gasteiger partial charge in [0.2, 0.25) is 0 Å². The number of halogens is 3. The predicted molar refractivity (Wildman–Crippen MR) is 133 cm³/mol. The number of thioether (sulfide) groups is 1. The second-order valence-electron chi connectivity index (χ2n) is 7.48. The third-order valence-corrected chi connectivity index (χ3v) is 5.53. The molecule has 3 rings (SSSR count). The minimum absolute atomic E-state index is 0.0238. The smallest absolute Gasteiger partial charge is 0.471 e. The van der Waals surface area contributed by atoms with Crippen LogP contribution in [0.5, 0.6) is 5.75 Å². The maximum absolute atomic E-state index is 12.7. The van der Waals surface area contributed by atoms with Gasteiger partial charge in [-0.2, -0.15) is 13.2 Å². The summed E-state index contributed by atoms with van der Waals surface area (Å²) in [4.78, 5) is 23.8. The molecule has 3 aromatic rings. The first-order chi connectivity index (χ1) is 16.7. The Morgan fingerprint density at radius 2 is 1.66 bits per heavy atom. The van der Waals surface area contributed by atoms with Crippen molar-refractivity contribution in [3.8, 4) is 5.75 Å². The molecule has 0 unspecified atom stereocenters. The largest absolute Gasteiger partial charge is 0.489 e. The molecule has 0 heterocycles. The number of carbonyl (C=O) groups is 2. The van der Waals surface area contributed by atoms with E-state index in [4.69, 9.17) is 4.74 Å². The van der Waals surface area contributed by atoms with E-state index in [0.717, 1.165) is 5.56 Å². The van der Waals surface area contributed by atoms with E-state index in [9.17, 15) is 22.8 Å². The molecule has 9 heteroatoms. The Bertz CT molecular complexity index is 1210. The zero-order valence-electron chi connectivity index (χ0n) is 19.0. The number of nitrogens with one attached hydrogen (secondary N) is 2. The Kier molecular flexibility index (Phi) is 8.59. The van der Waals surface area contributed by atoms with Crippen LogP contribution in [0.4, 0.5) is 24.5 Å². The van der Waals surface area contributed by atoms with Crippen molar-refractivity contribution in [2.75, 3.05) is 16.9 Å². The molecule has 0 radical (unpaired) electrons. The molecule has 3 aromatic carbocycles. The van der Waals surface area contributed by atoms with Crippen LogP contribution in [0.3, 0.4) is 0 Å². The van der Waals surface area contributed by atoms with E-state index in [0.29, 0.717) is 34.2 Å². The number of allylic oxidation sites excluding steroid dienone is 1. The zero-order chi connectivity index (χ0) is 25.4. The maximum atomic E-state index is 12.7. The monoisotopic (exact) mass is 500 g/mol. The topological polar surface area (TPSA) is 67.4 Å². The average Bonchev–Trinajstić information content (AvgIpc) is 2.84. The van der Waals surface area contributed by atoms with Crippen LogP contribution in [0, 0.1) is 6.92 Å². The average molecular weight is 501 g/mol. The summed E-state index contributed by atoms with van der Waals surface area (Å²) >= 11 is 1.31. The van der Waals surface area contributed by atoms with Crippen molar-refractivity contribution >= 4 is 34.8 Å². The van der Waals surface area contributed by atoms with Crippen molar-refractivity contribution in [1.82, 2.24) is 0 Å². The highest BCUT2D eigenvalue weighted by Gasteiger charge is 2.38. The molecule has 0 aliphatic carbocycles. The Hall–Kier alpha value is -3.72. The van der Waals surface area contributed by atoms with Gasteiger partial charge in [0, 0.05) is 23.0 Å². The highest BCUT2D eigenvalue weighted by Crippen LogP contribution is 2.26. The van der Waals surface area contributed by atoms with Crippen LogP contribution in [-0.2, 0) is 11.4 Å². The number of rotatable bonds is 9. The second-order valence-corrected chi connectivity index (χ2v) is 8.33. The van der Waals surface area contributed by atoms with Gasteiger partial charge in [-0.1, -0.05) is 30.3 Å². The number of carbonyl (C=O) groups excluding carboxylic acids is 2. The number of ketones is 1. The van der Waals surface area contributed by atoms with E-state index in [2.05, 4.69) is 5.32 Å². The standard InChI is InChI=1S/C26H23F3N2O3S/c1-17-14-20(30-25(33)26(27,28)29)10-13-22(17)31-24(35-2)15-23(32)19-8-11-21(12-9-19)34-16-18-6-4-3-5-7-18/h3-15,31H,16H2,1-2H3,(H,30,33)/b24-15-. The summed E-state index contributed by atoms with van der Waals surface area (Å²) in [7, 11) is 0. The first-order valence-corrected chi connectivity index (χ1v) is 11.7. The molecular weight excluding hydrogens is 477 g/mol. The van der Waals surface area contributed by atoms with Gasteiger partial charge in [0.15, 0.2) is 5.78 Å². The summed E-state index contributed by atoms with van der Waals surface area (Å²) in [5.74, 6) is -1.61. The number of amides is 1. The Morgan fingerprint density at radius 3 is 2.26 bits per heavy atom. The van der Waals surface area contributed by atoms with Gasteiger partial charge in [0.05, 0.1) is 5.03 Å². The Labute approximate surface area is 205 Å². The van der Waals surface area contributed by atoms with E-state index >= 15 is 0 Å². The third kappa shape index (κ3) is 7.65. The predicted octanol–water partition coefficient (Wildman–Crippen LogP) is 6.57. The lowest BCUT2D eigenvalue weighted by Crippen LogP contribution is -2.29. The Balaban J connectivity index is 1.63. The first-order valence-electron chi connectivity index (χ1n) is 10.5. The summed E-state index contributed by atoms with van der Waals surface area (Å²) in [5.41, 5.74) is 2.73. The van der Waals surface area contributed by atoms with Crippen molar-refractivity contribution in [3.05, 3.63) is 101 Å². The quantitative estimate of drug-likeness (QED) is 0.257. The summed E-state index contributed by atoms with van der Waals surface area (Å²) in [6, 6.07) is 20.9. The van der Waals surface area contributed by atoms with Gasteiger partial charge in [0.1, 0.15) is 12.4 Å². The van der Waals surface area contributed by atoms with Gasteiger partial charge in [-0.3, -0.25) is 9.59 Å². The van der Waals surface area contributed by atoms with Crippen molar-refractivity contribution < 1.29 is 27.5 Å². The van der Waals surface area contributed by atoms with Crippen LogP contribution in [0.25, 0.3) is 0 Å². The lowest BCUT2D eigenvalue weighted by atomic mass is 10.1. The van der Waals surface area contributed by atoms with E-state index in [1.807, 2.05) is 35.6 Å². The summed E-state index contributed by atoms with van der Waals surface area (Å²) in [6.07, 6.45) is -1.73. The molecule has 0 saturated heterocycles. The number of hydrogen-bond acceptors (Lipinski definition) is 5. The fourth-order valence-corrected chi connectivity index (χ4v) is 3.46.